The van der Waals surface area contributed by atoms with Crippen LogP contribution in [0.15, 0.2) is 41.0 Å². The lowest BCUT2D eigenvalue weighted by Crippen LogP contribution is -2.31. The van der Waals surface area contributed by atoms with Crippen LogP contribution in [0, 0.1) is 6.92 Å². The van der Waals surface area contributed by atoms with Gasteiger partial charge in [0.1, 0.15) is 5.75 Å². The highest BCUT2D eigenvalue weighted by atomic mass is 16.5. The molecule has 2 aromatic rings. The van der Waals surface area contributed by atoms with Crippen molar-refractivity contribution in [3.8, 4) is 5.75 Å². The van der Waals surface area contributed by atoms with E-state index in [1.165, 1.54) is 6.26 Å². The minimum absolute atomic E-state index is 0.179. The molecule has 1 fully saturated rings. The van der Waals surface area contributed by atoms with E-state index in [1.54, 1.807) is 18.1 Å². The Morgan fingerprint density at radius 1 is 1.41 bits per heavy atom. The van der Waals surface area contributed by atoms with Crippen molar-refractivity contribution in [1.29, 1.82) is 0 Å². The summed E-state index contributed by atoms with van der Waals surface area (Å²) in [5.41, 5.74) is 1.75. The maximum Gasteiger partial charge on any atom is 0.290 e. The molecule has 5 nitrogen and oxygen atoms in total. The van der Waals surface area contributed by atoms with Crippen LogP contribution in [0.2, 0.25) is 0 Å². The lowest BCUT2D eigenvalue weighted by atomic mass is 10.0. The molecule has 1 N–H and O–H groups in total. The lowest BCUT2D eigenvalue weighted by molar-refractivity contribution is 0.0682. The summed E-state index contributed by atoms with van der Waals surface area (Å²) in [6, 6.07) is 9.18. The second-order valence-corrected chi connectivity index (χ2v) is 5.57. The molecule has 0 bridgehead atoms. The standard InChI is InChI=1S/C17H19NO4/c1-11-6-7-22-16(11)17(20)18-10-13(19)9-15(18)12-4-3-5-14(8-12)21-2/h3-8,13,15,19H,9-10H2,1-2H3/t13-,15-/m0/s1. The molecule has 2 heterocycles. The second-order valence-electron chi connectivity index (χ2n) is 5.57. The fourth-order valence-corrected chi connectivity index (χ4v) is 2.93. The first kappa shape index (κ1) is 14.7. The molecular formula is C17H19NO4. The summed E-state index contributed by atoms with van der Waals surface area (Å²) in [6.45, 7) is 2.14. The monoisotopic (exact) mass is 301 g/mol. The highest BCUT2D eigenvalue weighted by molar-refractivity contribution is 5.93. The number of nitrogens with zero attached hydrogens (tertiary/aromatic N) is 1. The van der Waals surface area contributed by atoms with Gasteiger partial charge in [-0.15, -0.1) is 0 Å². The first-order chi connectivity index (χ1) is 10.6. The Hall–Kier alpha value is -2.27. The molecule has 1 aromatic carbocycles. The Morgan fingerprint density at radius 2 is 2.23 bits per heavy atom. The molecule has 116 valence electrons. The van der Waals surface area contributed by atoms with E-state index in [1.807, 2.05) is 31.2 Å². The van der Waals surface area contributed by atoms with Gasteiger partial charge in [0.25, 0.3) is 5.91 Å². The zero-order valence-corrected chi connectivity index (χ0v) is 12.7. The van der Waals surface area contributed by atoms with Gasteiger partial charge in [0.2, 0.25) is 0 Å². The second kappa shape index (κ2) is 5.85. The Bertz CT molecular complexity index is 679. The van der Waals surface area contributed by atoms with Gasteiger partial charge in [-0.25, -0.2) is 0 Å². The van der Waals surface area contributed by atoms with Gasteiger partial charge >= 0.3 is 0 Å². The number of methoxy groups -OCH3 is 1. The fourth-order valence-electron chi connectivity index (χ4n) is 2.93. The van der Waals surface area contributed by atoms with Crippen LogP contribution in [-0.2, 0) is 0 Å². The van der Waals surface area contributed by atoms with Gasteiger partial charge in [-0.05, 0) is 37.1 Å². The number of likely N-dealkylation sites (tertiary alicyclic amines) is 1. The summed E-state index contributed by atoms with van der Waals surface area (Å²) >= 11 is 0. The SMILES string of the molecule is COc1cccc([C@@H]2C[C@H](O)CN2C(=O)c2occc2C)c1. The zero-order chi connectivity index (χ0) is 15.7. The number of amides is 1. The Balaban J connectivity index is 1.92. The molecular weight excluding hydrogens is 282 g/mol. The third-order valence-electron chi connectivity index (χ3n) is 4.07. The van der Waals surface area contributed by atoms with Gasteiger partial charge in [-0.3, -0.25) is 4.79 Å². The smallest absolute Gasteiger partial charge is 0.290 e. The van der Waals surface area contributed by atoms with E-state index in [4.69, 9.17) is 9.15 Å². The molecule has 2 atom stereocenters. The highest BCUT2D eigenvalue weighted by Crippen LogP contribution is 2.35. The number of β-amino-alcohol motifs (C(OH)–C–C–N with tert-alkyl or cyclic N) is 1. The van der Waals surface area contributed by atoms with Gasteiger partial charge in [-0.1, -0.05) is 12.1 Å². The molecule has 1 aromatic heterocycles. The molecule has 1 aliphatic rings. The summed E-state index contributed by atoms with van der Waals surface area (Å²) in [7, 11) is 1.61. The van der Waals surface area contributed by atoms with E-state index in [2.05, 4.69) is 0 Å². The summed E-state index contributed by atoms with van der Waals surface area (Å²) in [6.07, 6.45) is 1.49. The first-order valence-electron chi connectivity index (χ1n) is 7.27. The molecule has 22 heavy (non-hydrogen) atoms. The number of rotatable bonds is 3. The van der Waals surface area contributed by atoms with Crippen molar-refractivity contribution in [3.63, 3.8) is 0 Å². The van der Waals surface area contributed by atoms with Gasteiger partial charge in [0.15, 0.2) is 5.76 Å². The minimum atomic E-state index is -0.532. The van der Waals surface area contributed by atoms with E-state index >= 15 is 0 Å². The maximum absolute atomic E-state index is 12.7. The molecule has 3 rings (SSSR count). The quantitative estimate of drug-likeness (QED) is 0.946. The van der Waals surface area contributed by atoms with Crippen molar-refractivity contribution in [1.82, 2.24) is 4.90 Å². The fraction of sp³-hybridized carbons (Fsp3) is 0.353. The van der Waals surface area contributed by atoms with Crippen molar-refractivity contribution in [2.24, 2.45) is 0 Å². The van der Waals surface area contributed by atoms with E-state index in [9.17, 15) is 9.90 Å². The van der Waals surface area contributed by atoms with Crippen molar-refractivity contribution >= 4 is 5.91 Å². The zero-order valence-electron chi connectivity index (χ0n) is 12.7. The number of aliphatic hydroxyl groups excluding tert-OH is 1. The van der Waals surface area contributed by atoms with E-state index in [-0.39, 0.29) is 11.9 Å². The molecule has 5 heteroatoms. The van der Waals surface area contributed by atoms with Crippen LogP contribution in [-0.4, -0.2) is 35.7 Å². The number of hydrogen-bond donors (Lipinski definition) is 1. The number of aliphatic hydroxyl groups is 1. The minimum Gasteiger partial charge on any atom is -0.497 e. The Kier molecular flexibility index (Phi) is 3.90. The molecule has 0 saturated carbocycles. The number of carbonyl (C=O) groups excluding carboxylic acids is 1. The van der Waals surface area contributed by atoms with Crippen LogP contribution >= 0.6 is 0 Å². The van der Waals surface area contributed by atoms with Crippen LogP contribution in [0.4, 0.5) is 0 Å². The summed E-state index contributed by atoms with van der Waals surface area (Å²) < 4.78 is 10.5. The van der Waals surface area contributed by atoms with Crippen LogP contribution in [0.25, 0.3) is 0 Å². The average Bonchev–Trinajstić information content (AvgIpc) is 3.12. The topological polar surface area (TPSA) is 62.9 Å². The molecule has 1 amide bonds. The third kappa shape index (κ3) is 2.60. The van der Waals surface area contributed by atoms with Gasteiger partial charge in [-0.2, -0.15) is 0 Å². The highest BCUT2D eigenvalue weighted by Gasteiger charge is 2.37. The van der Waals surface area contributed by atoms with Crippen LogP contribution in [0.3, 0.4) is 0 Å². The van der Waals surface area contributed by atoms with E-state index in [0.29, 0.717) is 18.7 Å². The van der Waals surface area contributed by atoms with Crippen molar-refractivity contribution in [3.05, 3.63) is 53.5 Å². The molecule has 0 spiro atoms. The predicted octanol–water partition coefficient (Wildman–Crippen LogP) is 2.54. The van der Waals surface area contributed by atoms with Crippen molar-refractivity contribution in [2.45, 2.75) is 25.5 Å². The molecule has 1 saturated heterocycles. The van der Waals surface area contributed by atoms with E-state index in [0.717, 1.165) is 16.9 Å². The average molecular weight is 301 g/mol. The van der Waals surface area contributed by atoms with Crippen LogP contribution in [0.5, 0.6) is 5.75 Å². The molecule has 0 aliphatic carbocycles. The number of benzene rings is 1. The van der Waals surface area contributed by atoms with Gasteiger partial charge in [0.05, 0.1) is 25.5 Å². The predicted molar refractivity (Wildman–Crippen MR) is 80.8 cm³/mol. The number of carbonyl (C=O) groups is 1. The lowest BCUT2D eigenvalue weighted by Gasteiger charge is -2.24. The van der Waals surface area contributed by atoms with Crippen LogP contribution < -0.4 is 4.74 Å². The summed E-state index contributed by atoms with van der Waals surface area (Å²) in [5, 5.41) is 10.0. The number of hydrogen-bond acceptors (Lipinski definition) is 4. The Labute approximate surface area is 129 Å². The first-order valence-corrected chi connectivity index (χ1v) is 7.27. The molecule has 1 aliphatic heterocycles. The molecule has 0 unspecified atom stereocenters. The Morgan fingerprint density at radius 3 is 2.91 bits per heavy atom. The number of furan rings is 1. The van der Waals surface area contributed by atoms with Crippen LogP contribution in [0.1, 0.15) is 34.1 Å². The maximum atomic E-state index is 12.7. The van der Waals surface area contributed by atoms with Gasteiger partial charge in [0, 0.05) is 12.1 Å². The third-order valence-corrected chi connectivity index (χ3v) is 4.07. The van der Waals surface area contributed by atoms with Gasteiger partial charge < -0.3 is 19.2 Å². The number of ether oxygens (including phenoxy) is 1. The molecule has 0 radical (unpaired) electrons. The largest absolute Gasteiger partial charge is 0.497 e. The summed E-state index contributed by atoms with van der Waals surface area (Å²) in [4.78, 5) is 14.4. The van der Waals surface area contributed by atoms with Crippen molar-refractivity contribution < 1.29 is 19.1 Å². The normalized spacial score (nSPS) is 21.1. The van der Waals surface area contributed by atoms with Crippen molar-refractivity contribution in [2.75, 3.05) is 13.7 Å². The number of aryl methyl sites for hydroxylation is 1. The summed E-state index contributed by atoms with van der Waals surface area (Å²) in [5.74, 6) is 0.884. The van der Waals surface area contributed by atoms with E-state index < -0.39 is 6.10 Å².